The van der Waals surface area contributed by atoms with Crippen LogP contribution < -0.4 is 10.1 Å². The molecule has 0 unspecified atom stereocenters. The summed E-state index contributed by atoms with van der Waals surface area (Å²) in [5.41, 5.74) is 2.79. The molecule has 0 bridgehead atoms. The van der Waals surface area contributed by atoms with Gasteiger partial charge < -0.3 is 10.1 Å². The van der Waals surface area contributed by atoms with Gasteiger partial charge in [-0.15, -0.1) is 0 Å². The molecule has 2 heteroatoms. The van der Waals surface area contributed by atoms with Gasteiger partial charge in [0.15, 0.2) is 0 Å². The first-order valence-corrected chi connectivity index (χ1v) is 8.71. The molecule has 0 amide bonds. The molecule has 1 fully saturated rings. The lowest BCUT2D eigenvalue weighted by Gasteiger charge is -2.32. The third-order valence-electron chi connectivity index (χ3n) is 5.02. The van der Waals surface area contributed by atoms with Crippen LogP contribution in [0, 0.1) is 0 Å². The second-order valence-electron chi connectivity index (χ2n) is 6.64. The molecule has 0 aliphatic heterocycles. The topological polar surface area (TPSA) is 21.3 Å². The van der Waals surface area contributed by atoms with Crippen LogP contribution in [0.25, 0.3) is 0 Å². The first-order chi connectivity index (χ1) is 11.3. The molecule has 0 aromatic heterocycles. The van der Waals surface area contributed by atoms with Crippen molar-refractivity contribution in [3.05, 3.63) is 65.7 Å². The van der Waals surface area contributed by atoms with E-state index in [9.17, 15) is 0 Å². The zero-order valence-corrected chi connectivity index (χ0v) is 14.2. The van der Waals surface area contributed by atoms with Crippen molar-refractivity contribution in [2.45, 2.75) is 50.6 Å². The Kier molecular flexibility index (Phi) is 5.35. The minimum Gasteiger partial charge on any atom is -0.497 e. The Balaban J connectivity index is 1.64. The third-order valence-corrected chi connectivity index (χ3v) is 5.02. The van der Waals surface area contributed by atoms with Gasteiger partial charge in [0.25, 0.3) is 0 Å². The molecule has 2 nitrogen and oxygen atoms in total. The van der Waals surface area contributed by atoms with E-state index in [4.69, 9.17) is 4.74 Å². The van der Waals surface area contributed by atoms with Crippen LogP contribution in [0.2, 0.25) is 0 Å². The predicted molar refractivity (Wildman–Crippen MR) is 96.0 cm³/mol. The lowest BCUT2D eigenvalue weighted by Crippen LogP contribution is -2.35. The van der Waals surface area contributed by atoms with Crippen LogP contribution in [0.5, 0.6) is 5.75 Å². The molecule has 1 saturated carbocycles. The highest BCUT2D eigenvalue weighted by Gasteiger charge is 2.24. The van der Waals surface area contributed by atoms with Crippen LogP contribution in [-0.2, 0) is 0 Å². The summed E-state index contributed by atoms with van der Waals surface area (Å²) < 4.78 is 5.38. The van der Waals surface area contributed by atoms with E-state index in [1.807, 2.05) is 6.07 Å². The van der Waals surface area contributed by atoms with E-state index in [2.05, 4.69) is 60.8 Å². The van der Waals surface area contributed by atoms with Gasteiger partial charge in [0.1, 0.15) is 5.75 Å². The summed E-state index contributed by atoms with van der Waals surface area (Å²) in [5.74, 6) is 1.61. The maximum absolute atomic E-state index is 5.38. The van der Waals surface area contributed by atoms with Gasteiger partial charge in [-0.3, -0.25) is 0 Å². The average Bonchev–Trinajstić information content (AvgIpc) is 2.63. The monoisotopic (exact) mass is 309 g/mol. The van der Waals surface area contributed by atoms with Gasteiger partial charge in [0, 0.05) is 12.1 Å². The SMILES string of the molecule is COc1cccc([C@@H]2CCC[C@@H](N[C@@H](C)c3ccccc3)C2)c1. The maximum atomic E-state index is 5.38. The van der Waals surface area contributed by atoms with Crippen LogP contribution in [0.3, 0.4) is 0 Å². The summed E-state index contributed by atoms with van der Waals surface area (Å²) in [4.78, 5) is 0. The first-order valence-electron chi connectivity index (χ1n) is 8.71. The Labute approximate surface area is 139 Å². The zero-order valence-electron chi connectivity index (χ0n) is 14.2. The minimum absolute atomic E-state index is 0.408. The molecule has 1 N–H and O–H groups in total. The summed E-state index contributed by atoms with van der Waals surface area (Å²) in [7, 11) is 1.74. The van der Waals surface area contributed by atoms with Gasteiger partial charge in [-0.2, -0.15) is 0 Å². The summed E-state index contributed by atoms with van der Waals surface area (Å²) >= 11 is 0. The quantitative estimate of drug-likeness (QED) is 0.832. The van der Waals surface area contributed by atoms with E-state index >= 15 is 0 Å². The Morgan fingerprint density at radius 1 is 1.04 bits per heavy atom. The normalized spacial score (nSPS) is 22.5. The fourth-order valence-corrected chi connectivity index (χ4v) is 3.73. The molecule has 3 rings (SSSR count). The van der Waals surface area contributed by atoms with Crippen molar-refractivity contribution in [2.75, 3.05) is 7.11 Å². The Bertz CT molecular complexity index is 610. The van der Waals surface area contributed by atoms with Crippen LogP contribution in [0.15, 0.2) is 54.6 Å². The Morgan fingerprint density at radius 2 is 1.87 bits per heavy atom. The van der Waals surface area contributed by atoms with Crippen molar-refractivity contribution in [3.63, 3.8) is 0 Å². The molecule has 2 aromatic rings. The van der Waals surface area contributed by atoms with E-state index in [-0.39, 0.29) is 0 Å². The summed E-state index contributed by atoms with van der Waals surface area (Å²) in [5, 5.41) is 3.83. The fraction of sp³-hybridized carbons (Fsp3) is 0.429. The number of hydrogen-bond acceptors (Lipinski definition) is 2. The number of nitrogens with one attached hydrogen (secondary N) is 1. The van der Waals surface area contributed by atoms with Gasteiger partial charge in [0.05, 0.1) is 7.11 Å². The highest BCUT2D eigenvalue weighted by Crippen LogP contribution is 2.35. The Morgan fingerprint density at radius 3 is 2.65 bits per heavy atom. The van der Waals surface area contributed by atoms with Crippen molar-refractivity contribution in [2.24, 2.45) is 0 Å². The molecule has 2 aromatic carbocycles. The molecule has 0 radical (unpaired) electrons. The number of rotatable bonds is 5. The zero-order chi connectivity index (χ0) is 16.1. The number of hydrogen-bond donors (Lipinski definition) is 1. The van der Waals surface area contributed by atoms with Crippen LogP contribution in [0.1, 0.15) is 55.7 Å². The molecule has 3 atom stereocenters. The number of benzene rings is 2. The van der Waals surface area contributed by atoms with Crippen LogP contribution in [-0.4, -0.2) is 13.2 Å². The molecule has 1 aliphatic rings. The second-order valence-corrected chi connectivity index (χ2v) is 6.64. The highest BCUT2D eigenvalue weighted by atomic mass is 16.5. The van der Waals surface area contributed by atoms with Crippen molar-refractivity contribution < 1.29 is 4.74 Å². The minimum atomic E-state index is 0.408. The second kappa shape index (κ2) is 7.65. The van der Waals surface area contributed by atoms with E-state index in [1.165, 1.54) is 36.8 Å². The third kappa shape index (κ3) is 4.14. The van der Waals surface area contributed by atoms with Crippen molar-refractivity contribution in [1.82, 2.24) is 5.32 Å². The molecule has 23 heavy (non-hydrogen) atoms. The van der Waals surface area contributed by atoms with Crippen LogP contribution >= 0.6 is 0 Å². The fourth-order valence-electron chi connectivity index (χ4n) is 3.73. The van der Waals surface area contributed by atoms with Crippen molar-refractivity contribution in [3.8, 4) is 5.75 Å². The van der Waals surface area contributed by atoms with E-state index in [0.717, 1.165) is 5.75 Å². The van der Waals surface area contributed by atoms with E-state index in [1.54, 1.807) is 7.11 Å². The average molecular weight is 309 g/mol. The molecular formula is C21H27NO. The highest BCUT2D eigenvalue weighted by molar-refractivity contribution is 5.31. The van der Waals surface area contributed by atoms with Gasteiger partial charge in [-0.1, -0.05) is 48.9 Å². The molecule has 0 saturated heterocycles. The summed E-state index contributed by atoms with van der Waals surface area (Å²) in [6.45, 7) is 2.27. The maximum Gasteiger partial charge on any atom is 0.119 e. The van der Waals surface area contributed by atoms with E-state index < -0.39 is 0 Å². The predicted octanol–water partition coefficient (Wildman–Crippen LogP) is 5.07. The molecule has 1 aliphatic carbocycles. The van der Waals surface area contributed by atoms with Gasteiger partial charge in [-0.05, 0) is 55.4 Å². The first kappa shape index (κ1) is 16.1. The number of ether oxygens (including phenoxy) is 1. The van der Waals surface area contributed by atoms with Gasteiger partial charge >= 0.3 is 0 Å². The van der Waals surface area contributed by atoms with Gasteiger partial charge in [0.2, 0.25) is 0 Å². The Hall–Kier alpha value is -1.80. The lowest BCUT2D eigenvalue weighted by molar-refractivity contribution is 0.317. The molecular weight excluding hydrogens is 282 g/mol. The van der Waals surface area contributed by atoms with Crippen molar-refractivity contribution >= 4 is 0 Å². The summed E-state index contributed by atoms with van der Waals surface area (Å²) in [6, 6.07) is 20.3. The number of methoxy groups -OCH3 is 1. The van der Waals surface area contributed by atoms with Crippen molar-refractivity contribution in [1.29, 1.82) is 0 Å². The lowest BCUT2D eigenvalue weighted by atomic mass is 9.81. The summed E-state index contributed by atoms with van der Waals surface area (Å²) in [6.07, 6.45) is 5.06. The van der Waals surface area contributed by atoms with Gasteiger partial charge in [-0.25, -0.2) is 0 Å². The largest absolute Gasteiger partial charge is 0.497 e. The van der Waals surface area contributed by atoms with E-state index in [0.29, 0.717) is 18.0 Å². The van der Waals surface area contributed by atoms with Crippen LogP contribution in [0.4, 0.5) is 0 Å². The standard InChI is InChI=1S/C21H27NO/c1-16(17-8-4-3-5-9-17)22-20-12-6-10-18(14-20)19-11-7-13-21(15-19)23-2/h3-5,7-9,11,13,15-16,18,20,22H,6,10,12,14H2,1-2H3/t16-,18+,20+/m0/s1. The molecule has 0 spiro atoms. The molecule has 122 valence electrons. The molecule has 0 heterocycles. The smallest absolute Gasteiger partial charge is 0.119 e.